The van der Waals surface area contributed by atoms with Crippen molar-refractivity contribution in [1.82, 2.24) is 19.9 Å². The Kier molecular flexibility index (Phi) is 4.53. The molecule has 2 N–H and O–H groups in total. The first kappa shape index (κ1) is 18.5. The van der Waals surface area contributed by atoms with Crippen LogP contribution in [0.4, 0.5) is 0 Å². The largest absolute Gasteiger partial charge is 0.334 e. The number of aryl methyl sites for hydroxylation is 1. The van der Waals surface area contributed by atoms with Crippen LogP contribution >= 0.6 is 24.0 Å². The van der Waals surface area contributed by atoms with Crippen molar-refractivity contribution >= 4 is 24.0 Å². The molecule has 1 aromatic carbocycles. The molecule has 2 aliphatic carbocycles. The third kappa shape index (κ3) is 3.06. The number of benzene rings is 1. The number of rotatable bonds is 4. The SMILES string of the molecule is Cc1ccc(-n2ncc(-c3nc(C4(N)CCC4)no3)c2C2CC2)cc1Cl.Cl. The molecule has 8 heteroatoms. The van der Waals surface area contributed by atoms with Crippen molar-refractivity contribution in [3.05, 3.63) is 46.5 Å². The molecule has 142 valence electrons. The molecule has 3 aromatic rings. The predicted molar refractivity (Wildman–Crippen MR) is 106 cm³/mol. The van der Waals surface area contributed by atoms with Gasteiger partial charge in [-0.15, -0.1) is 12.4 Å². The van der Waals surface area contributed by atoms with Gasteiger partial charge in [0.1, 0.15) is 0 Å². The predicted octanol–water partition coefficient (Wildman–Crippen LogP) is 4.52. The highest BCUT2D eigenvalue weighted by molar-refractivity contribution is 6.31. The van der Waals surface area contributed by atoms with E-state index >= 15 is 0 Å². The molecule has 2 aliphatic rings. The summed E-state index contributed by atoms with van der Waals surface area (Å²) in [4.78, 5) is 4.60. The second-order valence-corrected chi connectivity index (χ2v) is 7.90. The number of nitrogens with zero attached hydrogens (tertiary/aromatic N) is 4. The Morgan fingerprint density at radius 3 is 2.70 bits per heavy atom. The first-order chi connectivity index (χ1) is 12.5. The summed E-state index contributed by atoms with van der Waals surface area (Å²) in [6.07, 6.45) is 7.01. The zero-order valence-electron chi connectivity index (χ0n) is 15.0. The highest BCUT2D eigenvalue weighted by Gasteiger charge is 2.40. The van der Waals surface area contributed by atoms with Crippen molar-refractivity contribution in [2.24, 2.45) is 5.73 Å². The molecule has 2 saturated carbocycles. The smallest absolute Gasteiger partial charge is 0.261 e. The Morgan fingerprint density at radius 1 is 1.30 bits per heavy atom. The third-order valence-corrected chi connectivity index (χ3v) is 5.93. The molecule has 0 atom stereocenters. The lowest BCUT2D eigenvalue weighted by atomic mass is 9.77. The van der Waals surface area contributed by atoms with Gasteiger partial charge in [0.2, 0.25) is 0 Å². The molecule has 0 aliphatic heterocycles. The van der Waals surface area contributed by atoms with Gasteiger partial charge in [-0.1, -0.05) is 22.8 Å². The summed E-state index contributed by atoms with van der Waals surface area (Å²) in [5.41, 5.74) is 9.90. The summed E-state index contributed by atoms with van der Waals surface area (Å²) in [5.74, 6) is 1.56. The minimum absolute atomic E-state index is 0. The van der Waals surface area contributed by atoms with Gasteiger partial charge < -0.3 is 10.3 Å². The molecule has 0 unspecified atom stereocenters. The van der Waals surface area contributed by atoms with E-state index in [1.165, 1.54) is 0 Å². The Balaban J connectivity index is 0.00000180. The van der Waals surface area contributed by atoms with Crippen LogP contribution in [-0.4, -0.2) is 19.9 Å². The number of halogens is 2. The van der Waals surface area contributed by atoms with Gasteiger partial charge in [-0.05, 0) is 56.7 Å². The normalized spacial score (nSPS) is 18.0. The zero-order valence-corrected chi connectivity index (χ0v) is 16.6. The van der Waals surface area contributed by atoms with E-state index in [2.05, 4.69) is 15.2 Å². The van der Waals surface area contributed by atoms with E-state index in [1.807, 2.05) is 36.0 Å². The molecule has 27 heavy (non-hydrogen) atoms. The number of aromatic nitrogens is 4. The molecule has 0 radical (unpaired) electrons. The van der Waals surface area contributed by atoms with E-state index in [-0.39, 0.29) is 12.4 Å². The average Bonchev–Trinajstić information content (AvgIpc) is 3.16. The minimum atomic E-state index is -0.429. The zero-order chi connectivity index (χ0) is 17.9. The maximum absolute atomic E-state index is 6.33. The summed E-state index contributed by atoms with van der Waals surface area (Å²) in [5, 5.41) is 9.48. The summed E-state index contributed by atoms with van der Waals surface area (Å²) < 4.78 is 7.51. The Morgan fingerprint density at radius 2 is 2.07 bits per heavy atom. The molecule has 5 rings (SSSR count). The lowest BCUT2D eigenvalue weighted by Crippen LogP contribution is -2.44. The van der Waals surface area contributed by atoms with Crippen molar-refractivity contribution < 1.29 is 4.52 Å². The van der Waals surface area contributed by atoms with Crippen LogP contribution in [0, 0.1) is 6.92 Å². The van der Waals surface area contributed by atoms with Crippen LogP contribution < -0.4 is 5.73 Å². The van der Waals surface area contributed by atoms with Crippen molar-refractivity contribution in [2.75, 3.05) is 0 Å². The number of hydrogen-bond donors (Lipinski definition) is 1. The summed E-state index contributed by atoms with van der Waals surface area (Å²) >= 11 is 6.32. The van der Waals surface area contributed by atoms with Crippen LogP contribution in [0.2, 0.25) is 5.02 Å². The third-order valence-electron chi connectivity index (χ3n) is 5.52. The molecule has 0 amide bonds. The van der Waals surface area contributed by atoms with E-state index in [0.717, 1.165) is 59.6 Å². The van der Waals surface area contributed by atoms with Crippen LogP contribution in [0.15, 0.2) is 28.9 Å². The maximum Gasteiger partial charge on any atom is 0.261 e. The van der Waals surface area contributed by atoms with E-state index in [1.54, 1.807) is 0 Å². The summed E-state index contributed by atoms with van der Waals surface area (Å²) in [6.45, 7) is 1.99. The van der Waals surface area contributed by atoms with Crippen molar-refractivity contribution in [2.45, 2.75) is 50.5 Å². The van der Waals surface area contributed by atoms with E-state index in [4.69, 9.17) is 21.9 Å². The Bertz CT molecular complexity index is 988. The summed E-state index contributed by atoms with van der Waals surface area (Å²) in [6, 6.07) is 5.99. The lowest BCUT2D eigenvalue weighted by Gasteiger charge is -2.34. The highest BCUT2D eigenvalue weighted by atomic mass is 35.5. The van der Waals surface area contributed by atoms with Crippen LogP contribution in [-0.2, 0) is 5.54 Å². The van der Waals surface area contributed by atoms with Crippen LogP contribution in [0.1, 0.15) is 55.1 Å². The van der Waals surface area contributed by atoms with Crippen molar-refractivity contribution in [3.8, 4) is 17.1 Å². The minimum Gasteiger partial charge on any atom is -0.334 e. The lowest BCUT2D eigenvalue weighted by molar-refractivity contribution is 0.229. The molecule has 2 fully saturated rings. The molecular formula is C19H21Cl2N5O. The van der Waals surface area contributed by atoms with E-state index in [9.17, 15) is 0 Å². The topological polar surface area (TPSA) is 82.8 Å². The Hall–Kier alpha value is -1.89. The van der Waals surface area contributed by atoms with Crippen LogP contribution in [0.5, 0.6) is 0 Å². The number of hydrogen-bond acceptors (Lipinski definition) is 5. The molecular weight excluding hydrogens is 385 g/mol. The Labute approximate surface area is 168 Å². The highest BCUT2D eigenvalue weighted by Crippen LogP contribution is 2.45. The fourth-order valence-corrected chi connectivity index (χ4v) is 3.68. The molecule has 6 nitrogen and oxygen atoms in total. The molecule has 0 saturated heterocycles. The second-order valence-electron chi connectivity index (χ2n) is 7.50. The molecule has 0 bridgehead atoms. The second kappa shape index (κ2) is 6.62. The first-order valence-corrected chi connectivity index (χ1v) is 9.41. The molecule has 2 aromatic heterocycles. The van der Waals surface area contributed by atoms with Gasteiger partial charge in [0.15, 0.2) is 5.82 Å². The number of nitrogens with two attached hydrogens (primary N) is 1. The van der Waals surface area contributed by atoms with E-state index in [0.29, 0.717) is 17.6 Å². The van der Waals surface area contributed by atoms with Gasteiger partial charge in [0.25, 0.3) is 5.89 Å². The fraction of sp³-hybridized carbons (Fsp3) is 0.421. The average molecular weight is 406 g/mol. The molecule has 2 heterocycles. The van der Waals surface area contributed by atoms with Crippen LogP contribution in [0.3, 0.4) is 0 Å². The summed E-state index contributed by atoms with van der Waals surface area (Å²) in [7, 11) is 0. The monoisotopic (exact) mass is 405 g/mol. The van der Waals surface area contributed by atoms with Gasteiger partial charge in [0.05, 0.1) is 28.7 Å². The van der Waals surface area contributed by atoms with Gasteiger partial charge in [-0.25, -0.2) is 4.68 Å². The molecule has 0 spiro atoms. The standard InChI is InChI=1S/C19H20ClN5O.ClH/c1-11-3-6-13(9-15(11)20)25-16(12-4-5-12)14(10-22-25)17-23-18(24-26-17)19(21)7-2-8-19;/h3,6,9-10,12H,2,4-5,7-8,21H2,1H3;1H. The van der Waals surface area contributed by atoms with E-state index < -0.39 is 5.54 Å². The first-order valence-electron chi connectivity index (χ1n) is 9.03. The maximum atomic E-state index is 6.33. The fourth-order valence-electron chi connectivity index (χ4n) is 3.51. The van der Waals surface area contributed by atoms with Gasteiger partial charge >= 0.3 is 0 Å². The van der Waals surface area contributed by atoms with Crippen molar-refractivity contribution in [1.29, 1.82) is 0 Å². The van der Waals surface area contributed by atoms with Gasteiger partial charge in [0, 0.05) is 10.9 Å². The van der Waals surface area contributed by atoms with Crippen LogP contribution in [0.25, 0.3) is 17.1 Å². The van der Waals surface area contributed by atoms with Crippen molar-refractivity contribution in [3.63, 3.8) is 0 Å². The van der Waals surface area contributed by atoms with Gasteiger partial charge in [-0.3, -0.25) is 0 Å². The van der Waals surface area contributed by atoms with Gasteiger partial charge in [-0.2, -0.15) is 10.1 Å². The quantitative estimate of drug-likeness (QED) is 0.689.